The summed E-state index contributed by atoms with van der Waals surface area (Å²) in [5.74, 6) is -0.573. The molecule has 0 saturated heterocycles. The van der Waals surface area contributed by atoms with Crippen LogP contribution < -0.4 is 0 Å². The second-order valence-corrected chi connectivity index (χ2v) is 5.15. The number of benzene rings is 1. The third kappa shape index (κ3) is 4.80. The molecular weight excluding hydrogens is 342 g/mol. The van der Waals surface area contributed by atoms with Gasteiger partial charge in [0.05, 0.1) is 23.2 Å². The number of ether oxygens (including phenoxy) is 2. The largest absolute Gasteiger partial charge is 0.506 e. The van der Waals surface area contributed by atoms with Crippen molar-refractivity contribution in [3.8, 4) is 5.75 Å². The average Bonchev–Trinajstić information content (AvgIpc) is 2.49. The van der Waals surface area contributed by atoms with Crippen LogP contribution in [-0.4, -0.2) is 62.7 Å². The highest BCUT2D eigenvalue weighted by atomic mass is 79.9. The Kier molecular flexibility index (Phi) is 7.35. The van der Waals surface area contributed by atoms with Gasteiger partial charge in [0.25, 0.3) is 5.91 Å². The minimum atomic E-state index is -0.383. The fraction of sp³-hybridized carbons (Fsp3) is 0.429. The van der Waals surface area contributed by atoms with E-state index in [-0.39, 0.29) is 17.2 Å². The summed E-state index contributed by atoms with van der Waals surface area (Å²) in [4.78, 5) is 24.9. The summed E-state index contributed by atoms with van der Waals surface area (Å²) in [7, 11) is 3.08. The number of nitrogens with zero attached hydrogens (tertiary/aromatic N) is 1. The molecule has 0 aliphatic carbocycles. The minimum absolute atomic E-state index is 0.0682. The molecule has 0 unspecified atom stereocenters. The maximum absolute atomic E-state index is 12.5. The van der Waals surface area contributed by atoms with Gasteiger partial charge in [-0.1, -0.05) is 0 Å². The van der Waals surface area contributed by atoms with E-state index >= 15 is 0 Å². The van der Waals surface area contributed by atoms with E-state index in [1.165, 1.54) is 17.0 Å². The zero-order valence-electron chi connectivity index (χ0n) is 12.0. The molecule has 0 fully saturated rings. The van der Waals surface area contributed by atoms with Crippen LogP contribution >= 0.6 is 15.9 Å². The number of hydrogen-bond donors (Lipinski definition) is 1. The summed E-state index contributed by atoms with van der Waals surface area (Å²) < 4.78 is 10.2. The molecule has 1 amide bonds. The smallest absolute Gasteiger partial charge is 0.257 e. The van der Waals surface area contributed by atoms with Gasteiger partial charge in [-0.2, -0.15) is 0 Å². The number of halogens is 1. The molecule has 0 spiro atoms. The zero-order valence-corrected chi connectivity index (χ0v) is 13.6. The Bertz CT molecular complexity index is 498. The quantitative estimate of drug-likeness (QED) is 0.715. The van der Waals surface area contributed by atoms with Crippen LogP contribution in [0.1, 0.15) is 20.7 Å². The summed E-state index contributed by atoms with van der Waals surface area (Å²) in [6.45, 7) is 1.46. The van der Waals surface area contributed by atoms with E-state index in [0.29, 0.717) is 42.6 Å². The number of rotatable bonds is 8. The molecule has 0 aliphatic rings. The predicted molar refractivity (Wildman–Crippen MR) is 80.8 cm³/mol. The van der Waals surface area contributed by atoms with Crippen molar-refractivity contribution < 1.29 is 24.2 Å². The Balaban J connectivity index is 3.06. The molecule has 0 atom stereocenters. The number of methoxy groups -OCH3 is 2. The number of aldehydes is 1. The summed E-state index contributed by atoms with van der Waals surface area (Å²) in [6, 6.07) is 2.82. The van der Waals surface area contributed by atoms with Gasteiger partial charge < -0.3 is 19.5 Å². The maximum atomic E-state index is 12.5. The van der Waals surface area contributed by atoms with E-state index in [1.807, 2.05) is 0 Å². The topological polar surface area (TPSA) is 76.1 Å². The zero-order chi connectivity index (χ0) is 15.8. The standard InChI is InChI=1S/C14H18BrNO5/c1-20-5-3-16(4-6-21-2)14(19)11-7-10(9-17)8-12(15)13(11)18/h7-9,18H,3-6H2,1-2H3. The molecule has 1 rings (SSSR count). The molecule has 7 heteroatoms. The van der Waals surface area contributed by atoms with Gasteiger partial charge in [-0.3, -0.25) is 9.59 Å². The number of carbonyl (C=O) groups excluding carboxylic acids is 2. The summed E-state index contributed by atoms with van der Waals surface area (Å²) in [5, 5.41) is 10.0. The van der Waals surface area contributed by atoms with Gasteiger partial charge in [-0.05, 0) is 28.1 Å². The second kappa shape index (κ2) is 8.76. The van der Waals surface area contributed by atoms with Crippen LogP contribution in [-0.2, 0) is 9.47 Å². The van der Waals surface area contributed by atoms with E-state index in [1.54, 1.807) is 14.2 Å². The first-order valence-electron chi connectivity index (χ1n) is 6.30. The minimum Gasteiger partial charge on any atom is -0.506 e. The van der Waals surface area contributed by atoms with Crippen LogP contribution in [0, 0.1) is 0 Å². The lowest BCUT2D eigenvalue weighted by Crippen LogP contribution is -2.36. The Hall–Kier alpha value is -1.44. The summed E-state index contributed by atoms with van der Waals surface area (Å²) >= 11 is 3.13. The number of hydrogen-bond acceptors (Lipinski definition) is 5. The summed E-state index contributed by atoms with van der Waals surface area (Å²) in [5.41, 5.74) is 0.375. The SMILES string of the molecule is COCCN(CCOC)C(=O)c1cc(C=O)cc(Br)c1O. The molecule has 0 heterocycles. The second-order valence-electron chi connectivity index (χ2n) is 4.29. The lowest BCUT2D eigenvalue weighted by atomic mass is 10.1. The number of phenols is 1. The molecule has 21 heavy (non-hydrogen) atoms. The first-order valence-corrected chi connectivity index (χ1v) is 7.09. The van der Waals surface area contributed by atoms with Crippen molar-refractivity contribution in [1.29, 1.82) is 0 Å². The third-order valence-corrected chi connectivity index (χ3v) is 3.47. The Morgan fingerprint density at radius 1 is 1.29 bits per heavy atom. The first kappa shape index (κ1) is 17.6. The molecule has 0 radical (unpaired) electrons. The van der Waals surface area contributed by atoms with E-state index < -0.39 is 0 Å². The molecule has 6 nitrogen and oxygen atoms in total. The van der Waals surface area contributed by atoms with Crippen LogP contribution in [0.15, 0.2) is 16.6 Å². The highest BCUT2D eigenvalue weighted by molar-refractivity contribution is 9.10. The van der Waals surface area contributed by atoms with Crippen LogP contribution in [0.4, 0.5) is 0 Å². The van der Waals surface area contributed by atoms with E-state index in [4.69, 9.17) is 9.47 Å². The van der Waals surface area contributed by atoms with Gasteiger partial charge in [0, 0.05) is 32.9 Å². The highest BCUT2D eigenvalue weighted by Crippen LogP contribution is 2.30. The molecule has 1 aromatic carbocycles. The van der Waals surface area contributed by atoms with Crippen LogP contribution in [0.2, 0.25) is 0 Å². The van der Waals surface area contributed by atoms with Crippen molar-refractivity contribution in [2.24, 2.45) is 0 Å². The molecule has 1 N–H and O–H groups in total. The Labute approximate surface area is 131 Å². The van der Waals surface area contributed by atoms with Crippen molar-refractivity contribution in [3.63, 3.8) is 0 Å². The van der Waals surface area contributed by atoms with Crippen molar-refractivity contribution in [1.82, 2.24) is 4.90 Å². The molecule has 0 saturated carbocycles. The summed E-state index contributed by atoms with van der Waals surface area (Å²) in [6.07, 6.45) is 0.621. The van der Waals surface area contributed by atoms with Crippen LogP contribution in [0.5, 0.6) is 5.75 Å². The van der Waals surface area contributed by atoms with Crippen molar-refractivity contribution in [3.05, 3.63) is 27.7 Å². The fourth-order valence-electron chi connectivity index (χ4n) is 1.74. The molecule has 0 bridgehead atoms. The van der Waals surface area contributed by atoms with Crippen molar-refractivity contribution in [2.45, 2.75) is 0 Å². The van der Waals surface area contributed by atoms with E-state index in [9.17, 15) is 14.7 Å². The molecule has 1 aromatic rings. The number of phenolic OH excluding ortho intramolecular Hbond substituents is 1. The molecule has 0 aromatic heterocycles. The predicted octanol–water partition coefficient (Wildman–Crippen LogP) is 1.70. The van der Waals surface area contributed by atoms with Gasteiger partial charge in [0.15, 0.2) is 0 Å². The van der Waals surface area contributed by atoms with E-state index in [2.05, 4.69) is 15.9 Å². The molecule has 0 aliphatic heterocycles. The first-order chi connectivity index (χ1) is 10.0. The normalized spacial score (nSPS) is 10.4. The van der Waals surface area contributed by atoms with Crippen molar-refractivity contribution in [2.75, 3.05) is 40.5 Å². The number of aromatic hydroxyl groups is 1. The monoisotopic (exact) mass is 359 g/mol. The highest BCUT2D eigenvalue weighted by Gasteiger charge is 2.21. The fourth-order valence-corrected chi connectivity index (χ4v) is 2.22. The van der Waals surface area contributed by atoms with Crippen LogP contribution in [0.25, 0.3) is 0 Å². The van der Waals surface area contributed by atoms with Gasteiger partial charge >= 0.3 is 0 Å². The lowest BCUT2D eigenvalue weighted by Gasteiger charge is -2.22. The Morgan fingerprint density at radius 2 is 1.86 bits per heavy atom. The average molecular weight is 360 g/mol. The lowest BCUT2D eigenvalue weighted by molar-refractivity contribution is 0.0624. The number of amides is 1. The molecular formula is C14H18BrNO5. The van der Waals surface area contributed by atoms with Crippen LogP contribution in [0.3, 0.4) is 0 Å². The van der Waals surface area contributed by atoms with Crippen molar-refractivity contribution >= 4 is 28.1 Å². The maximum Gasteiger partial charge on any atom is 0.257 e. The van der Waals surface area contributed by atoms with Gasteiger partial charge in [-0.25, -0.2) is 0 Å². The Morgan fingerprint density at radius 3 is 2.33 bits per heavy atom. The third-order valence-electron chi connectivity index (χ3n) is 2.87. The van der Waals surface area contributed by atoms with Gasteiger partial charge in [0.2, 0.25) is 0 Å². The van der Waals surface area contributed by atoms with E-state index in [0.717, 1.165) is 0 Å². The van der Waals surface area contributed by atoms with Gasteiger partial charge in [-0.15, -0.1) is 0 Å². The molecule has 116 valence electrons. The van der Waals surface area contributed by atoms with Gasteiger partial charge in [0.1, 0.15) is 12.0 Å². The number of carbonyl (C=O) groups is 2.